The number of halogens is 3. The van der Waals surface area contributed by atoms with Crippen molar-refractivity contribution in [3.05, 3.63) is 47.8 Å². The molecule has 1 N–H and O–H groups in total. The van der Waals surface area contributed by atoms with Gasteiger partial charge in [0, 0.05) is 18.1 Å². The number of aryl methyl sites for hydroxylation is 1. The van der Waals surface area contributed by atoms with Crippen LogP contribution < -0.4 is 4.90 Å². The Kier molecular flexibility index (Phi) is 6.22. The number of nitrogens with zero attached hydrogens (tertiary/aromatic N) is 4. The predicted octanol–water partition coefficient (Wildman–Crippen LogP) is 3.69. The van der Waals surface area contributed by atoms with Crippen molar-refractivity contribution in [1.29, 1.82) is 0 Å². The maximum absolute atomic E-state index is 13.1. The summed E-state index contributed by atoms with van der Waals surface area (Å²) in [5.74, 6) is -0.994. The third kappa shape index (κ3) is 5.05. The zero-order valence-electron chi connectivity index (χ0n) is 17.6. The summed E-state index contributed by atoms with van der Waals surface area (Å²) in [6.07, 6.45) is -2.38. The number of esters is 1. The van der Waals surface area contributed by atoms with Crippen molar-refractivity contribution in [3.63, 3.8) is 0 Å². The minimum Gasteiger partial charge on any atom is -0.465 e. The van der Waals surface area contributed by atoms with E-state index >= 15 is 0 Å². The second-order valence-electron chi connectivity index (χ2n) is 7.73. The third-order valence-electron chi connectivity index (χ3n) is 4.65. The van der Waals surface area contributed by atoms with Gasteiger partial charge in [-0.2, -0.15) is 18.3 Å². The van der Waals surface area contributed by atoms with E-state index in [2.05, 4.69) is 10.1 Å². The molecule has 1 aromatic carbocycles. The van der Waals surface area contributed by atoms with Gasteiger partial charge >= 0.3 is 12.1 Å². The molecule has 170 valence electrons. The number of ether oxygens (including phenoxy) is 1. The lowest BCUT2D eigenvalue weighted by atomic mass is 10.1. The van der Waals surface area contributed by atoms with Crippen LogP contribution in [0.2, 0.25) is 0 Å². The summed E-state index contributed by atoms with van der Waals surface area (Å²) in [5, 5.41) is 14.8. The highest BCUT2D eigenvalue weighted by molar-refractivity contribution is 6.05. The van der Waals surface area contributed by atoms with Crippen molar-refractivity contribution in [3.8, 4) is 0 Å². The Morgan fingerprint density at radius 3 is 2.59 bits per heavy atom. The molecule has 0 aliphatic heterocycles. The smallest absolute Gasteiger partial charge is 0.433 e. The number of pyridine rings is 1. The molecule has 3 aromatic rings. The number of aliphatic hydroxyl groups is 1. The van der Waals surface area contributed by atoms with Crippen LogP contribution in [0.3, 0.4) is 0 Å². The van der Waals surface area contributed by atoms with Gasteiger partial charge in [-0.05, 0) is 44.5 Å². The fraction of sp³-hybridized carbons (Fsp3) is 0.333. The first kappa shape index (κ1) is 23.2. The van der Waals surface area contributed by atoms with Crippen molar-refractivity contribution in [1.82, 2.24) is 14.8 Å². The number of carbonyl (C=O) groups is 2. The summed E-state index contributed by atoms with van der Waals surface area (Å²) in [7, 11) is 1.18. The van der Waals surface area contributed by atoms with Crippen molar-refractivity contribution in [2.45, 2.75) is 38.6 Å². The van der Waals surface area contributed by atoms with E-state index in [4.69, 9.17) is 4.74 Å². The van der Waals surface area contributed by atoms with Crippen LogP contribution in [0.25, 0.3) is 10.9 Å². The van der Waals surface area contributed by atoms with Gasteiger partial charge in [-0.1, -0.05) is 6.07 Å². The Hall–Kier alpha value is -3.47. The second kappa shape index (κ2) is 8.58. The van der Waals surface area contributed by atoms with E-state index in [1.165, 1.54) is 30.0 Å². The van der Waals surface area contributed by atoms with Gasteiger partial charge in [0.1, 0.15) is 17.0 Å². The largest absolute Gasteiger partial charge is 0.465 e. The van der Waals surface area contributed by atoms with Crippen molar-refractivity contribution < 1.29 is 32.6 Å². The molecule has 2 heterocycles. The zero-order valence-corrected chi connectivity index (χ0v) is 17.6. The minimum atomic E-state index is -4.69. The maximum Gasteiger partial charge on any atom is 0.433 e. The Morgan fingerprint density at radius 1 is 1.28 bits per heavy atom. The number of benzene rings is 1. The van der Waals surface area contributed by atoms with Crippen LogP contribution in [0.1, 0.15) is 36.3 Å². The Morgan fingerprint density at radius 2 is 2.00 bits per heavy atom. The second-order valence-corrected chi connectivity index (χ2v) is 7.73. The monoisotopic (exact) mass is 450 g/mol. The lowest BCUT2D eigenvalue weighted by Crippen LogP contribution is -2.21. The standard InChI is InChI=1S/C21H21F3N4O4/c1-20(2,31)7-8-27-11-13-9-14(10-15(18(13)26-27)19(30)32-3)28(12-29)17-6-4-5-16(25-17)21(22,23)24/h4-6,9-12,31H,7-8H2,1-3H3. The van der Waals surface area contributed by atoms with Crippen LogP contribution in [0.4, 0.5) is 24.7 Å². The van der Waals surface area contributed by atoms with E-state index in [0.29, 0.717) is 30.3 Å². The molecule has 0 saturated carbocycles. The number of anilines is 2. The van der Waals surface area contributed by atoms with Crippen LogP contribution in [-0.2, 0) is 22.3 Å². The van der Waals surface area contributed by atoms with Crippen molar-refractivity contribution in [2.75, 3.05) is 12.0 Å². The highest BCUT2D eigenvalue weighted by atomic mass is 19.4. The molecule has 0 unspecified atom stereocenters. The highest BCUT2D eigenvalue weighted by Gasteiger charge is 2.33. The normalized spacial score (nSPS) is 12.1. The first-order valence-corrected chi connectivity index (χ1v) is 9.53. The Balaban J connectivity index is 2.11. The summed E-state index contributed by atoms with van der Waals surface area (Å²) < 4.78 is 45.5. The van der Waals surface area contributed by atoms with E-state index in [1.807, 2.05) is 0 Å². The van der Waals surface area contributed by atoms with Gasteiger partial charge in [-0.3, -0.25) is 14.4 Å². The topological polar surface area (TPSA) is 97.6 Å². The van der Waals surface area contributed by atoms with Gasteiger partial charge in [0.15, 0.2) is 0 Å². The minimum absolute atomic E-state index is 0.0286. The van der Waals surface area contributed by atoms with Gasteiger partial charge in [0.25, 0.3) is 0 Å². The molecule has 0 atom stereocenters. The number of alkyl halides is 3. The quantitative estimate of drug-likeness (QED) is 0.436. The summed E-state index contributed by atoms with van der Waals surface area (Å²) in [5.41, 5.74) is -1.66. The first-order chi connectivity index (χ1) is 14.9. The van der Waals surface area contributed by atoms with Gasteiger partial charge in [0.05, 0.1) is 24.0 Å². The van der Waals surface area contributed by atoms with Crippen LogP contribution in [0.15, 0.2) is 36.5 Å². The number of hydrogen-bond donors (Lipinski definition) is 1. The van der Waals surface area contributed by atoms with Crippen LogP contribution in [0, 0.1) is 0 Å². The molecule has 0 spiro atoms. The van der Waals surface area contributed by atoms with Crippen LogP contribution in [0.5, 0.6) is 0 Å². The molecule has 0 fully saturated rings. The van der Waals surface area contributed by atoms with E-state index < -0.39 is 23.4 Å². The Labute approximate surface area is 181 Å². The number of rotatable bonds is 7. The molecule has 0 saturated heterocycles. The van der Waals surface area contributed by atoms with Gasteiger partial charge in [-0.25, -0.2) is 9.78 Å². The fourth-order valence-electron chi connectivity index (χ4n) is 3.04. The van der Waals surface area contributed by atoms with E-state index in [0.717, 1.165) is 17.0 Å². The molecule has 11 heteroatoms. The first-order valence-electron chi connectivity index (χ1n) is 9.53. The average Bonchev–Trinajstić information content (AvgIpc) is 3.14. The maximum atomic E-state index is 13.1. The lowest BCUT2D eigenvalue weighted by molar-refractivity contribution is -0.141. The number of carbonyl (C=O) groups excluding carboxylic acids is 2. The average molecular weight is 450 g/mol. The summed E-state index contributed by atoms with van der Waals surface area (Å²) >= 11 is 0. The molecule has 0 aliphatic carbocycles. The number of aromatic nitrogens is 3. The van der Waals surface area contributed by atoms with E-state index in [-0.39, 0.29) is 17.1 Å². The molecule has 0 bridgehead atoms. The molecular weight excluding hydrogens is 429 g/mol. The fourth-order valence-corrected chi connectivity index (χ4v) is 3.04. The van der Waals surface area contributed by atoms with Crippen molar-refractivity contribution >= 4 is 34.8 Å². The Bertz CT molecular complexity index is 1150. The number of hydrogen-bond acceptors (Lipinski definition) is 6. The van der Waals surface area contributed by atoms with Crippen molar-refractivity contribution in [2.24, 2.45) is 0 Å². The van der Waals surface area contributed by atoms with Gasteiger partial charge < -0.3 is 9.84 Å². The molecule has 3 rings (SSSR count). The van der Waals surface area contributed by atoms with Gasteiger partial charge in [-0.15, -0.1) is 0 Å². The number of methoxy groups -OCH3 is 1. The SMILES string of the molecule is COC(=O)c1cc(N(C=O)c2cccc(C(F)(F)F)n2)cc2cn(CCC(C)(C)O)nc12. The molecule has 1 amide bonds. The van der Waals surface area contributed by atoms with E-state index in [1.54, 1.807) is 20.0 Å². The third-order valence-corrected chi connectivity index (χ3v) is 4.65. The summed E-state index contributed by atoms with van der Waals surface area (Å²) in [4.78, 5) is 28.6. The number of fused-ring (bicyclic) bond motifs is 1. The molecule has 32 heavy (non-hydrogen) atoms. The highest BCUT2D eigenvalue weighted by Crippen LogP contribution is 2.32. The van der Waals surface area contributed by atoms with Crippen LogP contribution >= 0.6 is 0 Å². The molecule has 0 radical (unpaired) electrons. The van der Waals surface area contributed by atoms with Crippen LogP contribution in [-0.4, -0.2) is 45.0 Å². The molecule has 0 aliphatic rings. The summed E-state index contributed by atoms with van der Waals surface area (Å²) in [6, 6.07) is 5.99. The number of amides is 1. The predicted molar refractivity (Wildman–Crippen MR) is 109 cm³/mol. The van der Waals surface area contributed by atoms with E-state index in [9.17, 15) is 27.9 Å². The molecule has 8 nitrogen and oxygen atoms in total. The molecule has 2 aromatic heterocycles. The lowest BCUT2D eigenvalue weighted by Gasteiger charge is -2.18. The molecular formula is C21H21F3N4O4. The zero-order chi connectivity index (χ0) is 23.7. The van der Waals surface area contributed by atoms with Gasteiger partial charge in [0.2, 0.25) is 6.41 Å². The summed E-state index contributed by atoms with van der Waals surface area (Å²) in [6.45, 7) is 3.65.